The van der Waals surface area contributed by atoms with Crippen LogP contribution in [0.3, 0.4) is 0 Å². The summed E-state index contributed by atoms with van der Waals surface area (Å²) in [7, 11) is -3.76. The zero-order valence-electron chi connectivity index (χ0n) is 12.4. The second kappa shape index (κ2) is 9.10. The molecule has 0 unspecified atom stereocenters. The molecular formula is C15H23F2NO2S. The maximum atomic E-state index is 13.0. The van der Waals surface area contributed by atoms with Crippen LogP contribution in [0, 0.1) is 11.6 Å². The number of rotatable bonds is 10. The van der Waals surface area contributed by atoms with E-state index >= 15 is 0 Å². The van der Waals surface area contributed by atoms with E-state index in [1.165, 1.54) is 25.7 Å². The fourth-order valence-corrected chi connectivity index (χ4v) is 3.10. The molecule has 3 nitrogen and oxygen atoms in total. The van der Waals surface area contributed by atoms with Gasteiger partial charge in [-0.3, -0.25) is 0 Å². The Bertz CT molecular complexity index is 532. The van der Waals surface area contributed by atoms with Gasteiger partial charge < -0.3 is 0 Å². The summed E-state index contributed by atoms with van der Waals surface area (Å²) in [6.07, 6.45) is 7.63. The fraction of sp³-hybridized carbons (Fsp3) is 0.600. The quantitative estimate of drug-likeness (QED) is 0.663. The lowest BCUT2D eigenvalue weighted by Crippen LogP contribution is -2.25. The molecule has 1 rings (SSSR count). The van der Waals surface area contributed by atoms with Crippen molar-refractivity contribution < 1.29 is 17.2 Å². The molecule has 21 heavy (non-hydrogen) atoms. The van der Waals surface area contributed by atoms with E-state index in [4.69, 9.17) is 0 Å². The van der Waals surface area contributed by atoms with E-state index in [1.54, 1.807) is 0 Å². The third kappa shape index (κ3) is 6.52. The first-order valence-electron chi connectivity index (χ1n) is 7.42. The number of hydrogen-bond acceptors (Lipinski definition) is 2. The first-order chi connectivity index (χ1) is 9.97. The molecule has 0 fully saturated rings. The SMILES string of the molecule is CCCCCCCCCNS(=O)(=O)c1ccc(F)c(F)c1. The van der Waals surface area contributed by atoms with Crippen molar-refractivity contribution in [2.24, 2.45) is 0 Å². The molecule has 0 aliphatic heterocycles. The summed E-state index contributed by atoms with van der Waals surface area (Å²) in [5, 5.41) is 0. The van der Waals surface area contributed by atoms with Gasteiger partial charge in [0.25, 0.3) is 0 Å². The molecule has 1 aromatic carbocycles. The largest absolute Gasteiger partial charge is 0.240 e. The minimum absolute atomic E-state index is 0.246. The fourth-order valence-electron chi connectivity index (χ4n) is 2.02. The van der Waals surface area contributed by atoms with Crippen LogP contribution < -0.4 is 4.72 Å². The predicted molar refractivity (Wildman–Crippen MR) is 79.5 cm³/mol. The van der Waals surface area contributed by atoms with Crippen molar-refractivity contribution in [3.05, 3.63) is 29.8 Å². The molecule has 0 saturated carbocycles. The second-order valence-electron chi connectivity index (χ2n) is 5.10. The highest BCUT2D eigenvalue weighted by atomic mass is 32.2. The summed E-state index contributed by atoms with van der Waals surface area (Å²) in [6.45, 7) is 2.47. The van der Waals surface area contributed by atoms with E-state index in [-0.39, 0.29) is 4.90 Å². The van der Waals surface area contributed by atoms with Gasteiger partial charge in [0.1, 0.15) is 0 Å². The number of benzene rings is 1. The molecule has 0 radical (unpaired) electrons. The molecule has 0 aromatic heterocycles. The monoisotopic (exact) mass is 319 g/mol. The average molecular weight is 319 g/mol. The number of nitrogens with one attached hydrogen (secondary N) is 1. The van der Waals surface area contributed by atoms with Crippen LogP contribution in [0.25, 0.3) is 0 Å². The van der Waals surface area contributed by atoms with Crippen LogP contribution in [0.2, 0.25) is 0 Å². The molecular weight excluding hydrogens is 296 g/mol. The minimum atomic E-state index is -3.76. The molecule has 0 spiro atoms. The van der Waals surface area contributed by atoms with Gasteiger partial charge in [0.2, 0.25) is 10.0 Å². The predicted octanol–water partition coefficient (Wildman–Crippen LogP) is 3.99. The van der Waals surface area contributed by atoms with Crippen molar-refractivity contribution in [1.82, 2.24) is 4.72 Å². The zero-order valence-corrected chi connectivity index (χ0v) is 13.2. The molecule has 6 heteroatoms. The van der Waals surface area contributed by atoms with Gasteiger partial charge in [0.15, 0.2) is 11.6 Å². The molecule has 1 aromatic rings. The molecule has 120 valence electrons. The molecule has 1 N–H and O–H groups in total. The van der Waals surface area contributed by atoms with Gasteiger partial charge in [-0.05, 0) is 24.6 Å². The van der Waals surface area contributed by atoms with Gasteiger partial charge in [-0.25, -0.2) is 21.9 Å². The van der Waals surface area contributed by atoms with Crippen molar-refractivity contribution in [2.45, 2.75) is 56.8 Å². The van der Waals surface area contributed by atoms with Crippen LogP contribution >= 0.6 is 0 Å². The van der Waals surface area contributed by atoms with Crippen molar-refractivity contribution in [3.63, 3.8) is 0 Å². The molecule has 0 saturated heterocycles. The van der Waals surface area contributed by atoms with Gasteiger partial charge in [-0.1, -0.05) is 45.4 Å². The van der Waals surface area contributed by atoms with Crippen molar-refractivity contribution >= 4 is 10.0 Å². The number of hydrogen-bond donors (Lipinski definition) is 1. The van der Waals surface area contributed by atoms with E-state index in [9.17, 15) is 17.2 Å². The molecule has 0 atom stereocenters. The summed E-state index contributed by atoms with van der Waals surface area (Å²) in [4.78, 5) is -0.246. The van der Waals surface area contributed by atoms with Crippen LogP contribution in [0.1, 0.15) is 51.9 Å². The summed E-state index contributed by atoms with van der Waals surface area (Å²) in [5.74, 6) is -2.21. The lowest BCUT2D eigenvalue weighted by atomic mass is 10.1. The number of halogens is 2. The normalized spacial score (nSPS) is 11.8. The van der Waals surface area contributed by atoms with Gasteiger partial charge >= 0.3 is 0 Å². The minimum Gasteiger partial charge on any atom is -0.211 e. The lowest BCUT2D eigenvalue weighted by Gasteiger charge is -2.07. The molecule has 0 heterocycles. The number of unbranched alkanes of at least 4 members (excludes halogenated alkanes) is 6. The van der Waals surface area contributed by atoms with Crippen molar-refractivity contribution in [2.75, 3.05) is 6.54 Å². The maximum Gasteiger partial charge on any atom is 0.240 e. The van der Waals surface area contributed by atoms with E-state index in [0.717, 1.165) is 31.4 Å². The highest BCUT2D eigenvalue weighted by molar-refractivity contribution is 7.89. The van der Waals surface area contributed by atoms with Crippen LogP contribution in [-0.4, -0.2) is 15.0 Å². The van der Waals surface area contributed by atoms with Gasteiger partial charge in [-0.2, -0.15) is 0 Å². The Hall–Kier alpha value is -1.01. The first-order valence-corrected chi connectivity index (χ1v) is 8.90. The summed E-state index contributed by atoms with van der Waals surface area (Å²) in [5.41, 5.74) is 0. The average Bonchev–Trinajstić information content (AvgIpc) is 2.44. The van der Waals surface area contributed by atoms with E-state index in [1.807, 2.05) is 0 Å². The second-order valence-corrected chi connectivity index (χ2v) is 6.86. The first kappa shape index (κ1) is 18.0. The zero-order chi connectivity index (χ0) is 15.7. The highest BCUT2D eigenvalue weighted by Crippen LogP contribution is 2.14. The van der Waals surface area contributed by atoms with Crippen LogP contribution in [0.5, 0.6) is 0 Å². The molecule has 0 amide bonds. The topological polar surface area (TPSA) is 46.2 Å². The van der Waals surface area contributed by atoms with Crippen LogP contribution in [0.15, 0.2) is 23.1 Å². The van der Waals surface area contributed by atoms with Crippen LogP contribution in [-0.2, 0) is 10.0 Å². The Labute approximate surface area is 125 Å². The summed E-state index contributed by atoms with van der Waals surface area (Å²) in [6, 6.07) is 2.57. The van der Waals surface area contributed by atoms with Gasteiger partial charge in [0, 0.05) is 6.54 Å². The molecule has 0 bridgehead atoms. The smallest absolute Gasteiger partial charge is 0.211 e. The van der Waals surface area contributed by atoms with E-state index < -0.39 is 21.7 Å². The van der Waals surface area contributed by atoms with Crippen molar-refractivity contribution in [3.8, 4) is 0 Å². The standard InChI is InChI=1S/C15H23F2NO2S/c1-2-3-4-5-6-7-8-11-18-21(19,20)13-9-10-14(16)15(17)12-13/h9-10,12,18H,2-8,11H2,1H3. The maximum absolute atomic E-state index is 13.0. The van der Waals surface area contributed by atoms with Crippen molar-refractivity contribution in [1.29, 1.82) is 0 Å². The Morgan fingerprint density at radius 1 is 0.952 bits per heavy atom. The Balaban J connectivity index is 2.31. The number of sulfonamides is 1. The van der Waals surface area contributed by atoms with Gasteiger partial charge in [0.05, 0.1) is 4.90 Å². The lowest BCUT2D eigenvalue weighted by molar-refractivity contribution is 0.504. The third-order valence-corrected chi connectivity index (χ3v) is 4.73. The Morgan fingerprint density at radius 3 is 2.19 bits per heavy atom. The Kier molecular flexibility index (Phi) is 7.82. The summed E-state index contributed by atoms with van der Waals surface area (Å²) >= 11 is 0. The highest BCUT2D eigenvalue weighted by Gasteiger charge is 2.15. The Morgan fingerprint density at radius 2 is 1.57 bits per heavy atom. The molecule has 0 aliphatic carbocycles. The van der Waals surface area contributed by atoms with Crippen LogP contribution in [0.4, 0.5) is 8.78 Å². The molecule has 0 aliphatic rings. The summed E-state index contributed by atoms with van der Waals surface area (Å²) < 4.78 is 52.0. The third-order valence-electron chi connectivity index (χ3n) is 3.27. The van der Waals surface area contributed by atoms with Gasteiger partial charge in [-0.15, -0.1) is 0 Å². The van der Waals surface area contributed by atoms with E-state index in [0.29, 0.717) is 12.6 Å². The van der Waals surface area contributed by atoms with E-state index in [2.05, 4.69) is 11.6 Å².